The molecule has 2 fully saturated rings. The molecule has 3 aromatic rings. The van der Waals surface area contributed by atoms with Crippen LogP contribution in [0.5, 0.6) is 0 Å². The third kappa shape index (κ3) is 3.74. The molecular formula is C20H27N7O2S. The van der Waals surface area contributed by atoms with Crippen molar-refractivity contribution in [2.75, 3.05) is 24.2 Å². The van der Waals surface area contributed by atoms with E-state index in [4.69, 9.17) is 4.98 Å². The van der Waals surface area contributed by atoms with Crippen LogP contribution in [0.3, 0.4) is 0 Å². The number of benzene rings is 1. The maximum atomic E-state index is 12.5. The van der Waals surface area contributed by atoms with Crippen LogP contribution < -0.4 is 5.32 Å². The molecule has 1 saturated heterocycles. The van der Waals surface area contributed by atoms with E-state index in [-0.39, 0.29) is 12.1 Å². The van der Waals surface area contributed by atoms with Crippen LogP contribution in [0.4, 0.5) is 5.95 Å². The molecule has 1 aliphatic heterocycles. The minimum absolute atomic E-state index is 0.155. The number of nitrogens with one attached hydrogen (secondary N) is 1. The third-order valence-electron chi connectivity index (χ3n) is 6.00. The lowest BCUT2D eigenvalue weighted by Gasteiger charge is -2.31. The van der Waals surface area contributed by atoms with E-state index in [2.05, 4.69) is 34.5 Å². The number of rotatable bonds is 6. The summed E-state index contributed by atoms with van der Waals surface area (Å²) in [6.45, 7) is 5.24. The topological polar surface area (TPSA) is 106 Å². The Morgan fingerprint density at radius 3 is 2.63 bits per heavy atom. The molecule has 3 heterocycles. The summed E-state index contributed by atoms with van der Waals surface area (Å²) >= 11 is 0. The first-order chi connectivity index (χ1) is 14.4. The van der Waals surface area contributed by atoms with Gasteiger partial charge in [-0.3, -0.25) is 0 Å². The van der Waals surface area contributed by atoms with Crippen LogP contribution in [-0.2, 0) is 10.0 Å². The molecule has 1 aromatic carbocycles. The summed E-state index contributed by atoms with van der Waals surface area (Å²) in [6, 6.07) is 4.23. The van der Waals surface area contributed by atoms with Crippen molar-refractivity contribution in [3.8, 4) is 0 Å². The van der Waals surface area contributed by atoms with Gasteiger partial charge in [0, 0.05) is 36.8 Å². The average Bonchev–Trinajstić information content (AvgIpc) is 3.40. The summed E-state index contributed by atoms with van der Waals surface area (Å²) in [4.78, 5) is 9.25. The van der Waals surface area contributed by atoms with Crippen molar-refractivity contribution < 1.29 is 8.42 Å². The highest BCUT2D eigenvalue weighted by Gasteiger charge is 2.34. The maximum absolute atomic E-state index is 12.5. The fraction of sp³-hybridized carbons (Fsp3) is 0.600. The molecule has 1 saturated carbocycles. The summed E-state index contributed by atoms with van der Waals surface area (Å²) < 4.78 is 28.5. The monoisotopic (exact) mass is 429 g/mol. The molecule has 30 heavy (non-hydrogen) atoms. The Morgan fingerprint density at radius 1 is 1.17 bits per heavy atom. The highest BCUT2D eigenvalue weighted by Crippen LogP contribution is 2.32. The smallest absolute Gasteiger partial charge is 0.223 e. The lowest BCUT2D eigenvalue weighted by molar-refractivity contribution is 0.328. The number of hydrogen-bond acceptors (Lipinski definition) is 7. The zero-order valence-electron chi connectivity index (χ0n) is 17.3. The summed E-state index contributed by atoms with van der Waals surface area (Å²) in [7, 11) is -3.12. The Labute approximate surface area is 175 Å². The fourth-order valence-electron chi connectivity index (χ4n) is 4.10. The van der Waals surface area contributed by atoms with Crippen LogP contribution in [0.1, 0.15) is 45.6 Å². The molecule has 2 aromatic heterocycles. The summed E-state index contributed by atoms with van der Waals surface area (Å²) in [5.41, 5.74) is 2.55. The van der Waals surface area contributed by atoms with Crippen LogP contribution in [0, 0.1) is 5.92 Å². The molecule has 0 unspecified atom stereocenters. The zero-order valence-corrected chi connectivity index (χ0v) is 18.1. The number of nitrogens with zero attached hydrogens (tertiary/aromatic N) is 6. The number of fused-ring (bicyclic) bond motifs is 3. The lowest BCUT2D eigenvalue weighted by atomic mass is 10.1. The molecule has 5 rings (SSSR count). The first-order valence-corrected chi connectivity index (χ1v) is 12.3. The number of aromatic nitrogens is 5. The predicted octanol–water partition coefficient (Wildman–Crippen LogP) is 2.57. The summed E-state index contributed by atoms with van der Waals surface area (Å²) in [5, 5.41) is 12.9. The Hall–Kier alpha value is -2.33. The molecule has 0 amide bonds. The molecule has 1 N–H and O–H groups in total. The quantitative estimate of drug-likeness (QED) is 0.642. The number of sulfonamides is 1. The Kier molecular flexibility index (Phi) is 4.85. The Morgan fingerprint density at radius 2 is 1.93 bits per heavy atom. The minimum atomic E-state index is -3.12. The molecule has 0 bridgehead atoms. The normalized spacial score (nSPS) is 19.2. The fourth-order valence-corrected chi connectivity index (χ4v) is 6.01. The van der Waals surface area contributed by atoms with Gasteiger partial charge >= 0.3 is 0 Å². The van der Waals surface area contributed by atoms with Crippen molar-refractivity contribution in [3.05, 3.63) is 18.3 Å². The van der Waals surface area contributed by atoms with Gasteiger partial charge in [-0.15, -0.1) is 5.10 Å². The van der Waals surface area contributed by atoms with Crippen LogP contribution in [0.25, 0.3) is 21.9 Å². The predicted molar refractivity (Wildman–Crippen MR) is 116 cm³/mol. The van der Waals surface area contributed by atoms with E-state index in [9.17, 15) is 8.42 Å². The molecule has 0 atom stereocenters. The third-order valence-corrected chi connectivity index (χ3v) is 8.04. The van der Waals surface area contributed by atoms with Crippen molar-refractivity contribution in [2.24, 2.45) is 5.92 Å². The largest absolute Gasteiger partial charge is 0.351 e. The van der Waals surface area contributed by atoms with Crippen LogP contribution >= 0.6 is 0 Å². The Bertz CT molecular complexity index is 1180. The molecule has 0 spiro atoms. The molecule has 10 heteroatoms. The zero-order chi connectivity index (χ0) is 20.9. The van der Waals surface area contributed by atoms with Crippen molar-refractivity contribution >= 4 is 37.9 Å². The van der Waals surface area contributed by atoms with Crippen molar-refractivity contribution in [1.82, 2.24) is 29.3 Å². The van der Waals surface area contributed by atoms with E-state index in [1.54, 1.807) is 4.31 Å². The van der Waals surface area contributed by atoms with Crippen molar-refractivity contribution in [2.45, 2.75) is 51.6 Å². The summed E-state index contributed by atoms with van der Waals surface area (Å²) in [6.07, 6.45) is 5.42. The van der Waals surface area contributed by atoms with Gasteiger partial charge in [-0.2, -0.15) is 0 Å². The first kappa shape index (κ1) is 19.6. The van der Waals surface area contributed by atoms with Crippen molar-refractivity contribution in [1.29, 1.82) is 0 Å². The average molecular weight is 430 g/mol. The maximum Gasteiger partial charge on any atom is 0.223 e. The standard InChI is InChI=1S/C20H27N7O2S/c1-13(2)27-19-17(24-25-27)6-5-15-11-21-20(23-18(15)19)22-16-7-9-26(10-8-16)30(28,29)12-14-3-4-14/h5-6,11,13-14,16H,3-4,7-10,12H2,1-2H3,(H,21,22,23). The van der Waals surface area contributed by atoms with Gasteiger partial charge in [0.25, 0.3) is 0 Å². The van der Waals surface area contributed by atoms with Gasteiger partial charge in [-0.25, -0.2) is 27.4 Å². The second kappa shape index (κ2) is 7.42. The molecule has 2 aliphatic rings. The molecule has 160 valence electrons. The second-order valence-corrected chi connectivity index (χ2v) is 10.7. The van der Waals surface area contributed by atoms with E-state index >= 15 is 0 Å². The Balaban J connectivity index is 1.33. The van der Waals surface area contributed by atoms with E-state index in [1.165, 1.54) is 0 Å². The van der Waals surface area contributed by atoms with Gasteiger partial charge in [0.15, 0.2) is 0 Å². The number of piperidine rings is 1. The molecular weight excluding hydrogens is 402 g/mol. The van der Waals surface area contributed by atoms with Crippen LogP contribution in [0.2, 0.25) is 0 Å². The highest BCUT2D eigenvalue weighted by atomic mass is 32.2. The van der Waals surface area contributed by atoms with E-state index in [0.29, 0.717) is 30.7 Å². The molecule has 1 aliphatic carbocycles. The SMILES string of the molecule is CC(C)n1nnc2ccc3cnc(NC4CCN(S(=O)(=O)CC5CC5)CC4)nc3c21. The van der Waals surface area contributed by atoms with Gasteiger partial charge in [-0.05, 0) is 57.6 Å². The van der Waals surface area contributed by atoms with E-state index in [1.807, 2.05) is 23.0 Å². The van der Waals surface area contributed by atoms with Gasteiger partial charge in [0.05, 0.1) is 5.75 Å². The van der Waals surface area contributed by atoms with Crippen molar-refractivity contribution in [3.63, 3.8) is 0 Å². The minimum Gasteiger partial charge on any atom is -0.351 e. The molecule has 0 radical (unpaired) electrons. The van der Waals surface area contributed by atoms with Crippen LogP contribution in [0.15, 0.2) is 18.3 Å². The van der Waals surface area contributed by atoms with Gasteiger partial charge < -0.3 is 5.32 Å². The number of hydrogen-bond donors (Lipinski definition) is 1. The van der Waals surface area contributed by atoms with Gasteiger partial charge in [0.1, 0.15) is 16.6 Å². The first-order valence-electron chi connectivity index (χ1n) is 10.7. The second-order valence-electron chi connectivity index (χ2n) is 8.73. The van der Waals surface area contributed by atoms with E-state index in [0.717, 1.165) is 47.6 Å². The number of anilines is 1. The highest BCUT2D eigenvalue weighted by molar-refractivity contribution is 7.89. The lowest BCUT2D eigenvalue weighted by Crippen LogP contribution is -2.43. The van der Waals surface area contributed by atoms with E-state index < -0.39 is 10.0 Å². The summed E-state index contributed by atoms with van der Waals surface area (Å²) in [5.74, 6) is 1.25. The van der Waals surface area contributed by atoms with Crippen LogP contribution in [-0.4, -0.2) is 62.6 Å². The van der Waals surface area contributed by atoms with Gasteiger partial charge in [0.2, 0.25) is 16.0 Å². The van der Waals surface area contributed by atoms with Gasteiger partial charge in [-0.1, -0.05) is 5.21 Å². The molecule has 9 nitrogen and oxygen atoms in total.